The Kier molecular flexibility index (Phi) is 7.81. The number of rotatable bonds is 9. The molecule has 0 aliphatic carbocycles. The first kappa shape index (κ1) is 27.2. The van der Waals surface area contributed by atoms with Crippen molar-refractivity contribution in [2.24, 2.45) is 0 Å². The van der Waals surface area contributed by atoms with Crippen LogP contribution >= 0.6 is 0 Å². The van der Waals surface area contributed by atoms with E-state index in [0.717, 1.165) is 16.7 Å². The summed E-state index contributed by atoms with van der Waals surface area (Å²) in [4.78, 5) is 0.426. The largest absolute Gasteiger partial charge is 0.493 e. The van der Waals surface area contributed by atoms with Crippen LogP contribution in [0.25, 0.3) is 0 Å². The van der Waals surface area contributed by atoms with Crippen LogP contribution in [0, 0.1) is 6.92 Å². The standard InChI is InChI=1S/C31H32O6S/c1-21-6-12-26(13-7-21)38(33,34)27-14-10-25(11-15-27)37-28-16-8-23(18-22(28)20-32)31(2,3)24-9-17-29(35-4)30(19-24)36-5/h6-19,32H,20H2,1-5H3. The molecule has 0 saturated carbocycles. The Bertz CT molecular complexity index is 1520. The molecule has 38 heavy (non-hydrogen) atoms. The summed E-state index contributed by atoms with van der Waals surface area (Å²) in [7, 11) is -0.420. The molecular weight excluding hydrogens is 500 g/mol. The summed E-state index contributed by atoms with van der Waals surface area (Å²) in [6.45, 7) is 5.88. The Balaban J connectivity index is 1.58. The van der Waals surface area contributed by atoms with Crippen LogP contribution in [0.3, 0.4) is 0 Å². The minimum Gasteiger partial charge on any atom is -0.493 e. The van der Waals surface area contributed by atoms with Crippen LogP contribution in [0.5, 0.6) is 23.0 Å². The fourth-order valence-electron chi connectivity index (χ4n) is 4.25. The van der Waals surface area contributed by atoms with E-state index in [-0.39, 0.29) is 16.4 Å². The molecule has 0 radical (unpaired) electrons. The molecular formula is C31H32O6S. The molecule has 0 atom stereocenters. The van der Waals surface area contributed by atoms with Crippen LogP contribution < -0.4 is 14.2 Å². The van der Waals surface area contributed by atoms with Crippen LogP contribution in [0.15, 0.2) is 94.7 Å². The summed E-state index contributed by atoms with van der Waals surface area (Å²) in [6.07, 6.45) is 0. The number of methoxy groups -OCH3 is 2. The van der Waals surface area contributed by atoms with E-state index in [0.29, 0.717) is 28.6 Å². The first-order valence-corrected chi connectivity index (χ1v) is 13.6. The molecule has 198 valence electrons. The highest BCUT2D eigenvalue weighted by Crippen LogP contribution is 2.39. The zero-order valence-corrected chi connectivity index (χ0v) is 23.0. The minimum absolute atomic E-state index is 0.183. The maximum absolute atomic E-state index is 13.0. The molecule has 0 aromatic heterocycles. The number of aliphatic hydroxyl groups excluding tert-OH is 1. The van der Waals surface area contributed by atoms with Gasteiger partial charge in [0.25, 0.3) is 0 Å². The van der Waals surface area contributed by atoms with Gasteiger partial charge in [-0.05, 0) is 78.7 Å². The van der Waals surface area contributed by atoms with Crippen molar-refractivity contribution < 1.29 is 27.7 Å². The third kappa shape index (κ3) is 5.39. The third-order valence-electron chi connectivity index (χ3n) is 6.75. The lowest BCUT2D eigenvalue weighted by Crippen LogP contribution is -2.19. The van der Waals surface area contributed by atoms with E-state index in [2.05, 4.69) is 13.8 Å². The molecule has 0 spiro atoms. The fraction of sp³-hybridized carbons (Fsp3) is 0.226. The molecule has 1 N–H and O–H groups in total. The lowest BCUT2D eigenvalue weighted by atomic mass is 9.77. The highest BCUT2D eigenvalue weighted by molar-refractivity contribution is 7.91. The molecule has 0 heterocycles. The molecule has 0 saturated heterocycles. The van der Waals surface area contributed by atoms with E-state index in [1.54, 1.807) is 50.6 Å². The number of aliphatic hydroxyl groups is 1. The van der Waals surface area contributed by atoms with Gasteiger partial charge in [0.05, 0.1) is 30.6 Å². The van der Waals surface area contributed by atoms with Gasteiger partial charge < -0.3 is 19.3 Å². The van der Waals surface area contributed by atoms with Gasteiger partial charge in [-0.1, -0.05) is 43.7 Å². The maximum Gasteiger partial charge on any atom is 0.206 e. The van der Waals surface area contributed by atoms with E-state index in [4.69, 9.17) is 14.2 Å². The molecule has 6 nitrogen and oxygen atoms in total. The van der Waals surface area contributed by atoms with Gasteiger partial charge in [0.15, 0.2) is 11.5 Å². The smallest absolute Gasteiger partial charge is 0.206 e. The van der Waals surface area contributed by atoms with Gasteiger partial charge >= 0.3 is 0 Å². The Labute approximate surface area is 224 Å². The summed E-state index contributed by atoms with van der Waals surface area (Å²) < 4.78 is 42.8. The monoisotopic (exact) mass is 532 g/mol. The molecule has 4 aromatic rings. The van der Waals surface area contributed by atoms with E-state index in [1.165, 1.54) is 12.1 Å². The van der Waals surface area contributed by atoms with Crippen LogP contribution in [0.1, 0.15) is 36.1 Å². The molecule has 0 bridgehead atoms. The zero-order chi connectivity index (χ0) is 27.5. The maximum atomic E-state index is 13.0. The number of ether oxygens (including phenoxy) is 3. The molecule has 0 aliphatic rings. The molecule has 0 unspecified atom stereocenters. The SMILES string of the molecule is COc1ccc(C(C)(C)c2ccc(Oc3ccc(S(=O)(=O)c4ccc(C)cc4)cc3)c(CO)c2)cc1OC. The number of hydrogen-bond donors (Lipinski definition) is 1. The van der Waals surface area contributed by atoms with Crippen molar-refractivity contribution in [2.45, 2.75) is 42.6 Å². The summed E-state index contributed by atoms with van der Waals surface area (Å²) >= 11 is 0. The van der Waals surface area contributed by atoms with Crippen molar-refractivity contribution in [1.82, 2.24) is 0 Å². The quantitative estimate of drug-likeness (QED) is 0.267. The normalized spacial score (nSPS) is 11.7. The van der Waals surface area contributed by atoms with E-state index >= 15 is 0 Å². The van der Waals surface area contributed by atoms with Gasteiger partial charge in [-0.25, -0.2) is 8.42 Å². The van der Waals surface area contributed by atoms with Crippen molar-refractivity contribution in [2.75, 3.05) is 14.2 Å². The number of aryl methyl sites for hydroxylation is 1. The van der Waals surface area contributed by atoms with Gasteiger partial charge in [-0.2, -0.15) is 0 Å². The average molecular weight is 533 g/mol. The van der Waals surface area contributed by atoms with Gasteiger partial charge in [0, 0.05) is 11.0 Å². The Morgan fingerprint density at radius 2 is 1.24 bits per heavy atom. The zero-order valence-electron chi connectivity index (χ0n) is 22.2. The molecule has 7 heteroatoms. The number of sulfone groups is 1. The van der Waals surface area contributed by atoms with Gasteiger partial charge in [-0.15, -0.1) is 0 Å². The summed E-state index contributed by atoms with van der Waals surface area (Å²) in [6, 6.07) is 24.6. The molecule has 0 amide bonds. The first-order chi connectivity index (χ1) is 18.1. The lowest BCUT2D eigenvalue weighted by molar-refractivity contribution is 0.276. The Hall–Kier alpha value is -3.81. The number of hydrogen-bond acceptors (Lipinski definition) is 6. The van der Waals surface area contributed by atoms with Crippen molar-refractivity contribution >= 4 is 9.84 Å². The highest BCUT2D eigenvalue weighted by Gasteiger charge is 2.26. The van der Waals surface area contributed by atoms with Crippen molar-refractivity contribution in [1.29, 1.82) is 0 Å². The van der Waals surface area contributed by atoms with E-state index in [1.807, 2.05) is 43.3 Å². The van der Waals surface area contributed by atoms with Crippen molar-refractivity contribution in [3.63, 3.8) is 0 Å². The van der Waals surface area contributed by atoms with Gasteiger partial charge in [-0.3, -0.25) is 0 Å². The van der Waals surface area contributed by atoms with Crippen LogP contribution in [0.2, 0.25) is 0 Å². The predicted molar refractivity (Wildman–Crippen MR) is 147 cm³/mol. The van der Waals surface area contributed by atoms with Crippen molar-refractivity contribution in [3.8, 4) is 23.0 Å². The van der Waals surface area contributed by atoms with E-state index in [9.17, 15) is 13.5 Å². The Morgan fingerprint density at radius 1 is 0.711 bits per heavy atom. The summed E-state index contributed by atoms with van der Waals surface area (Å²) in [5, 5.41) is 10.1. The molecule has 4 aromatic carbocycles. The molecule has 4 rings (SSSR count). The van der Waals surface area contributed by atoms with E-state index < -0.39 is 15.3 Å². The average Bonchev–Trinajstić information content (AvgIpc) is 2.93. The second-order valence-corrected chi connectivity index (χ2v) is 11.5. The van der Waals surface area contributed by atoms with Crippen LogP contribution in [0.4, 0.5) is 0 Å². The summed E-state index contributed by atoms with van der Waals surface area (Å²) in [5.41, 5.74) is 3.23. The fourth-order valence-corrected chi connectivity index (χ4v) is 5.51. The highest BCUT2D eigenvalue weighted by atomic mass is 32.2. The minimum atomic E-state index is -3.63. The van der Waals surface area contributed by atoms with Crippen molar-refractivity contribution in [3.05, 3.63) is 107 Å². The van der Waals surface area contributed by atoms with Gasteiger partial charge in [0.1, 0.15) is 11.5 Å². The Morgan fingerprint density at radius 3 is 1.79 bits per heavy atom. The number of benzene rings is 4. The third-order valence-corrected chi connectivity index (χ3v) is 8.54. The van der Waals surface area contributed by atoms with Gasteiger partial charge in [0.2, 0.25) is 9.84 Å². The molecule has 0 aliphatic heterocycles. The molecule has 0 fully saturated rings. The van der Waals surface area contributed by atoms with Crippen LogP contribution in [-0.4, -0.2) is 27.7 Å². The first-order valence-electron chi connectivity index (χ1n) is 12.2. The topological polar surface area (TPSA) is 82.1 Å². The lowest BCUT2D eigenvalue weighted by Gasteiger charge is -2.28. The second-order valence-electron chi connectivity index (χ2n) is 9.57. The second kappa shape index (κ2) is 10.9. The predicted octanol–water partition coefficient (Wildman–Crippen LogP) is 6.46. The summed E-state index contributed by atoms with van der Waals surface area (Å²) in [5.74, 6) is 2.26. The van der Waals surface area contributed by atoms with Crippen LogP contribution in [-0.2, 0) is 21.9 Å².